The van der Waals surface area contributed by atoms with Gasteiger partial charge in [-0.15, -0.1) is 0 Å². The van der Waals surface area contributed by atoms with E-state index in [1.165, 1.54) is 6.26 Å². The van der Waals surface area contributed by atoms with E-state index >= 15 is 0 Å². The van der Waals surface area contributed by atoms with Crippen LogP contribution in [0.25, 0.3) is 0 Å². The molecule has 0 saturated heterocycles. The molecule has 1 aliphatic rings. The molecule has 0 saturated carbocycles. The first kappa shape index (κ1) is 20.2. The number of non-ortho nitro benzene ring substituents is 1. The second-order valence-electron chi connectivity index (χ2n) is 6.66. The van der Waals surface area contributed by atoms with Crippen LogP contribution in [0.1, 0.15) is 34.1 Å². The molecule has 2 aromatic carbocycles. The predicted octanol–water partition coefficient (Wildman–Crippen LogP) is 4.74. The van der Waals surface area contributed by atoms with Crippen LogP contribution in [0.2, 0.25) is 5.02 Å². The summed E-state index contributed by atoms with van der Waals surface area (Å²) in [5, 5.41) is 28.4. The molecule has 0 bridgehead atoms. The fraction of sp³-hybridized carbons (Fsp3) is 0.100. The van der Waals surface area contributed by atoms with E-state index in [1.807, 2.05) is 0 Å². The van der Waals surface area contributed by atoms with Crippen molar-refractivity contribution in [3.8, 4) is 0 Å². The van der Waals surface area contributed by atoms with Gasteiger partial charge in [0.15, 0.2) is 0 Å². The summed E-state index contributed by atoms with van der Waals surface area (Å²) in [6.45, 7) is 0. The summed E-state index contributed by atoms with van der Waals surface area (Å²) in [6.07, 6.45) is 1.76. The fourth-order valence-corrected chi connectivity index (χ4v) is 3.55. The Kier molecular flexibility index (Phi) is 5.22. The third-order valence-electron chi connectivity index (χ3n) is 4.78. The van der Waals surface area contributed by atoms with Crippen LogP contribution >= 0.6 is 11.6 Å². The van der Waals surface area contributed by atoms with Gasteiger partial charge in [-0.25, -0.2) is 5.01 Å². The average Bonchev–Trinajstić information content (AvgIpc) is 3.42. The molecule has 3 aromatic rings. The number of amides is 1. The summed E-state index contributed by atoms with van der Waals surface area (Å²) in [5.74, 6) is -0.311. The second kappa shape index (κ2) is 8.00. The molecule has 1 amide bonds. The molecule has 1 atom stereocenters. The van der Waals surface area contributed by atoms with Crippen LogP contribution in [0.15, 0.2) is 70.4 Å². The fourth-order valence-electron chi connectivity index (χ4n) is 3.35. The Labute approximate surface area is 179 Å². The van der Waals surface area contributed by atoms with Crippen molar-refractivity contribution in [2.24, 2.45) is 5.10 Å². The van der Waals surface area contributed by atoms with Crippen LogP contribution in [-0.4, -0.2) is 26.5 Å². The van der Waals surface area contributed by atoms with Crippen LogP contribution in [0.3, 0.4) is 0 Å². The maximum absolute atomic E-state index is 13.3. The summed E-state index contributed by atoms with van der Waals surface area (Å²) in [5.41, 5.74) is -0.322. The van der Waals surface area contributed by atoms with E-state index in [2.05, 4.69) is 5.10 Å². The quantitative estimate of drug-likeness (QED) is 0.415. The number of nitro groups is 2. The van der Waals surface area contributed by atoms with Gasteiger partial charge in [0.25, 0.3) is 17.3 Å². The number of nitrogens with zero attached hydrogens (tertiary/aromatic N) is 4. The molecular formula is C20H13ClN4O6. The summed E-state index contributed by atoms with van der Waals surface area (Å²) in [4.78, 5) is 34.2. The molecule has 0 unspecified atom stereocenters. The highest BCUT2D eigenvalue weighted by Crippen LogP contribution is 2.36. The molecule has 156 valence electrons. The molecule has 10 nitrogen and oxygen atoms in total. The number of halogens is 1. The van der Waals surface area contributed by atoms with Crippen LogP contribution in [0, 0.1) is 20.2 Å². The summed E-state index contributed by atoms with van der Waals surface area (Å²) < 4.78 is 5.39. The van der Waals surface area contributed by atoms with Gasteiger partial charge in [0, 0.05) is 17.5 Å². The van der Waals surface area contributed by atoms with Crippen LogP contribution in [0.4, 0.5) is 11.4 Å². The van der Waals surface area contributed by atoms with Crippen LogP contribution < -0.4 is 0 Å². The first-order valence-electron chi connectivity index (χ1n) is 8.98. The van der Waals surface area contributed by atoms with Crippen molar-refractivity contribution < 1.29 is 19.1 Å². The lowest BCUT2D eigenvalue weighted by Crippen LogP contribution is -2.27. The van der Waals surface area contributed by atoms with Crippen molar-refractivity contribution in [2.75, 3.05) is 0 Å². The number of hydrogen-bond acceptors (Lipinski definition) is 7. The second-order valence-corrected chi connectivity index (χ2v) is 7.10. The molecule has 2 heterocycles. The Morgan fingerprint density at radius 1 is 1.10 bits per heavy atom. The van der Waals surface area contributed by atoms with Gasteiger partial charge in [0.05, 0.1) is 28.2 Å². The molecule has 0 aliphatic carbocycles. The van der Waals surface area contributed by atoms with Gasteiger partial charge in [0.2, 0.25) is 0 Å². The van der Waals surface area contributed by atoms with Crippen LogP contribution in [-0.2, 0) is 0 Å². The van der Waals surface area contributed by atoms with Gasteiger partial charge in [-0.05, 0) is 35.9 Å². The normalized spacial score (nSPS) is 15.6. The summed E-state index contributed by atoms with van der Waals surface area (Å²) in [6, 6.07) is 12.5. The molecule has 0 spiro atoms. The number of nitro benzene ring substituents is 2. The van der Waals surface area contributed by atoms with Gasteiger partial charge < -0.3 is 4.42 Å². The molecule has 0 N–H and O–H groups in total. The molecule has 31 heavy (non-hydrogen) atoms. The standard InChI is InChI=1S/C20H13ClN4O6/c21-13-4-1-3-12(9-13)17-11-16(19-5-2-8-31-19)22-23(17)20(26)15-7-6-14(24(27)28)10-18(15)25(29)30/h1-10,17H,11H2/t17-/m1/s1. The third-order valence-corrected chi connectivity index (χ3v) is 5.01. The van der Waals surface area contributed by atoms with Crippen molar-refractivity contribution in [3.05, 3.63) is 103 Å². The lowest BCUT2D eigenvalue weighted by molar-refractivity contribution is -0.394. The summed E-state index contributed by atoms with van der Waals surface area (Å²) >= 11 is 6.10. The van der Waals surface area contributed by atoms with Crippen molar-refractivity contribution in [1.82, 2.24) is 5.01 Å². The smallest absolute Gasteiger partial charge is 0.289 e. The van der Waals surface area contributed by atoms with Gasteiger partial charge in [0.1, 0.15) is 17.0 Å². The van der Waals surface area contributed by atoms with E-state index in [4.69, 9.17) is 16.0 Å². The number of carbonyl (C=O) groups excluding carboxylic acids is 1. The number of hydrazone groups is 1. The predicted molar refractivity (Wildman–Crippen MR) is 110 cm³/mol. The summed E-state index contributed by atoms with van der Waals surface area (Å²) in [7, 11) is 0. The zero-order chi connectivity index (χ0) is 22.1. The van der Waals surface area contributed by atoms with Gasteiger partial charge in [-0.2, -0.15) is 5.10 Å². The topological polar surface area (TPSA) is 132 Å². The van der Waals surface area contributed by atoms with E-state index in [0.29, 0.717) is 28.5 Å². The molecule has 4 rings (SSSR count). The van der Waals surface area contributed by atoms with Gasteiger partial charge >= 0.3 is 0 Å². The number of carbonyl (C=O) groups is 1. The molecular weight excluding hydrogens is 428 g/mol. The highest BCUT2D eigenvalue weighted by Gasteiger charge is 2.37. The Hall–Kier alpha value is -4.05. The zero-order valence-electron chi connectivity index (χ0n) is 15.7. The third kappa shape index (κ3) is 3.88. The Bertz CT molecular complexity index is 1220. The molecule has 1 aliphatic heterocycles. The van der Waals surface area contributed by atoms with Crippen molar-refractivity contribution in [1.29, 1.82) is 0 Å². The zero-order valence-corrected chi connectivity index (χ0v) is 16.4. The Morgan fingerprint density at radius 2 is 1.90 bits per heavy atom. The number of rotatable bonds is 5. The average molecular weight is 441 g/mol. The minimum absolute atomic E-state index is 0.292. The Balaban J connectivity index is 1.79. The van der Waals surface area contributed by atoms with Gasteiger partial charge in [-0.1, -0.05) is 23.7 Å². The largest absolute Gasteiger partial charge is 0.463 e. The van der Waals surface area contributed by atoms with E-state index in [-0.39, 0.29) is 5.56 Å². The highest BCUT2D eigenvalue weighted by molar-refractivity contribution is 6.30. The number of benzene rings is 2. The van der Waals surface area contributed by atoms with Crippen molar-refractivity contribution in [2.45, 2.75) is 12.5 Å². The number of hydrogen-bond donors (Lipinski definition) is 0. The number of furan rings is 1. The van der Waals surface area contributed by atoms with E-state index < -0.39 is 33.2 Å². The van der Waals surface area contributed by atoms with E-state index in [0.717, 1.165) is 23.2 Å². The first-order valence-corrected chi connectivity index (χ1v) is 9.36. The van der Waals surface area contributed by atoms with E-state index in [9.17, 15) is 25.0 Å². The molecule has 0 radical (unpaired) electrons. The molecule has 1 aromatic heterocycles. The van der Waals surface area contributed by atoms with Crippen molar-refractivity contribution in [3.63, 3.8) is 0 Å². The highest BCUT2D eigenvalue weighted by atomic mass is 35.5. The van der Waals surface area contributed by atoms with Crippen LogP contribution in [0.5, 0.6) is 0 Å². The monoisotopic (exact) mass is 440 g/mol. The first-order chi connectivity index (χ1) is 14.8. The minimum Gasteiger partial charge on any atom is -0.463 e. The maximum atomic E-state index is 13.3. The molecule has 0 fully saturated rings. The Morgan fingerprint density at radius 3 is 2.55 bits per heavy atom. The van der Waals surface area contributed by atoms with Gasteiger partial charge in [-0.3, -0.25) is 25.0 Å². The minimum atomic E-state index is -0.831. The maximum Gasteiger partial charge on any atom is 0.289 e. The van der Waals surface area contributed by atoms with Crippen molar-refractivity contribution >= 4 is 34.6 Å². The lowest BCUT2D eigenvalue weighted by atomic mass is 10.00. The SMILES string of the molecule is O=C(c1ccc([N+](=O)[O-])cc1[N+](=O)[O-])N1N=C(c2ccco2)C[C@@H]1c1cccc(Cl)c1. The van der Waals surface area contributed by atoms with E-state index in [1.54, 1.807) is 36.4 Å². The lowest BCUT2D eigenvalue weighted by Gasteiger charge is -2.22. The molecule has 11 heteroatoms.